The van der Waals surface area contributed by atoms with E-state index in [0.717, 1.165) is 6.54 Å². The smallest absolute Gasteiger partial charge is 0.135 e. The van der Waals surface area contributed by atoms with E-state index in [1.165, 1.54) is 5.70 Å². The number of thioether (sulfide) groups is 1. The van der Waals surface area contributed by atoms with Crippen LogP contribution < -0.4 is 0 Å². The van der Waals surface area contributed by atoms with Gasteiger partial charge in [-0.15, -0.1) is 0 Å². The lowest BCUT2D eigenvalue weighted by atomic mass is 10.5. The van der Waals surface area contributed by atoms with Crippen LogP contribution in [-0.4, -0.2) is 15.7 Å². The molecule has 0 radical (unpaired) electrons. The Balaban J connectivity index is 2.57. The second-order valence-electron chi connectivity index (χ2n) is 1.97. The van der Waals surface area contributed by atoms with Gasteiger partial charge in [0.1, 0.15) is 4.28 Å². The molecule has 0 saturated carbocycles. The fourth-order valence-electron chi connectivity index (χ4n) is 0.849. The summed E-state index contributed by atoms with van der Waals surface area (Å²) in [5.41, 5.74) is 1.37. The van der Waals surface area contributed by atoms with Gasteiger partial charge in [-0.3, -0.25) is 0 Å². The van der Waals surface area contributed by atoms with Crippen LogP contribution >= 0.6 is 27.7 Å². The molecule has 52 valence electrons. The number of rotatable bonds is 1. The quantitative estimate of drug-likeness (QED) is 0.481. The second-order valence-corrected chi connectivity index (χ2v) is 4.40. The van der Waals surface area contributed by atoms with E-state index in [0.29, 0.717) is 4.28 Å². The summed E-state index contributed by atoms with van der Waals surface area (Å²) in [4.78, 5) is 2.31. The van der Waals surface area contributed by atoms with Gasteiger partial charge < -0.3 is 4.90 Å². The molecule has 0 bridgehead atoms. The highest BCUT2D eigenvalue weighted by Crippen LogP contribution is 2.33. The molecule has 3 heteroatoms. The molecule has 0 fully saturated rings. The summed E-state index contributed by atoms with van der Waals surface area (Å²) in [6.45, 7) is 5.39. The van der Waals surface area contributed by atoms with Gasteiger partial charge in [0, 0.05) is 12.2 Å². The summed E-state index contributed by atoms with van der Waals surface area (Å²) < 4.78 is 0.475. The topological polar surface area (TPSA) is 3.24 Å². The van der Waals surface area contributed by atoms with E-state index in [-0.39, 0.29) is 0 Å². The van der Waals surface area contributed by atoms with Crippen molar-refractivity contribution < 1.29 is 0 Å². The molecular formula is C6H10BrNS. The summed E-state index contributed by atoms with van der Waals surface area (Å²) in [7, 11) is 0. The molecule has 0 aromatic heterocycles. The summed E-state index contributed by atoms with van der Waals surface area (Å²) >= 11 is 5.36. The lowest BCUT2D eigenvalue weighted by molar-refractivity contribution is 0.418. The van der Waals surface area contributed by atoms with Gasteiger partial charge in [0.15, 0.2) is 0 Å². The highest BCUT2D eigenvalue weighted by atomic mass is 79.9. The van der Waals surface area contributed by atoms with E-state index in [9.17, 15) is 0 Å². The molecule has 0 aromatic rings. The zero-order valence-electron chi connectivity index (χ0n) is 5.60. The fraction of sp³-hybridized carbons (Fsp3) is 0.667. The first-order valence-electron chi connectivity index (χ1n) is 2.98. The Bertz CT molecular complexity index is 135. The first-order valence-corrected chi connectivity index (χ1v) is 4.84. The van der Waals surface area contributed by atoms with Crippen LogP contribution in [0.5, 0.6) is 0 Å². The molecular weight excluding hydrogens is 198 g/mol. The Kier molecular flexibility index (Phi) is 2.47. The minimum Gasteiger partial charge on any atom is -0.354 e. The summed E-state index contributed by atoms with van der Waals surface area (Å²) in [5.74, 6) is 0. The van der Waals surface area contributed by atoms with Crippen LogP contribution in [-0.2, 0) is 0 Å². The Hall–Kier alpha value is 0.370. The van der Waals surface area contributed by atoms with E-state index in [1.54, 1.807) is 0 Å². The third-order valence-electron chi connectivity index (χ3n) is 1.39. The molecule has 1 unspecified atom stereocenters. The van der Waals surface area contributed by atoms with E-state index >= 15 is 0 Å². The van der Waals surface area contributed by atoms with Crippen LogP contribution in [0.25, 0.3) is 0 Å². The van der Waals surface area contributed by atoms with Crippen molar-refractivity contribution in [2.24, 2.45) is 0 Å². The molecule has 9 heavy (non-hydrogen) atoms. The van der Waals surface area contributed by atoms with Crippen molar-refractivity contribution >= 4 is 27.7 Å². The molecule has 1 heterocycles. The molecule has 0 saturated heterocycles. The first kappa shape index (κ1) is 7.48. The van der Waals surface area contributed by atoms with Crippen LogP contribution in [0, 0.1) is 0 Å². The van der Waals surface area contributed by atoms with Gasteiger partial charge in [-0.2, -0.15) is 0 Å². The zero-order chi connectivity index (χ0) is 6.85. The molecule has 0 amide bonds. The largest absolute Gasteiger partial charge is 0.354 e. The molecule has 1 aliphatic rings. The van der Waals surface area contributed by atoms with Gasteiger partial charge >= 0.3 is 0 Å². The Morgan fingerprint density at radius 2 is 2.56 bits per heavy atom. The van der Waals surface area contributed by atoms with Crippen molar-refractivity contribution in [2.45, 2.75) is 18.1 Å². The number of hydrogen-bond donors (Lipinski definition) is 0. The lowest BCUT2D eigenvalue weighted by Crippen LogP contribution is -2.22. The van der Waals surface area contributed by atoms with Crippen LogP contribution in [0.4, 0.5) is 0 Å². The first-order chi connectivity index (χ1) is 4.25. The van der Waals surface area contributed by atoms with Crippen molar-refractivity contribution in [2.75, 3.05) is 6.54 Å². The molecule has 1 aliphatic heterocycles. The van der Waals surface area contributed by atoms with Gasteiger partial charge in [-0.05, 0) is 19.3 Å². The fourth-order valence-corrected chi connectivity index (χ4v) is 2.69. The highest BCUT2D eigenvalue weighted by molar-refractivity contribution is 9.11. The zero-order valence-corrected chi connectivity index (χ0v) is 8.00. The maximum atomic E-state index is 3.54. The van der Waals surface area contributed by atoms with E-state index in [2.05, 4.69) is 40.1 Å². The number of alkyl halides is 1. The number of nitrogens with zero attached hydrogens (tertiary/aromatic N) is 1. The highest BCUT2D eigenvalue weighted by Gasteiger charge is 2.18. The average Bonchev–Trinajstić information content (AvgIpc) is 2.12. The maximum Gasteiger partial charge on any atom is 0.135 e. The van der Waals surface area contributed by atoms with E-state index in [4.69, 9.17) is 0 Å². The van der Waals surface area contributed by atoms with Gasteiger partial charge in [0.25, 0.3) is 0 Å². The van der Waals surface area contributed by atoms with Gasteiger partial charge in [0.2, 0.25) is 0 Å². The Labute approximate surface area is 68.6 Å². The normalized spacial score (nSPS) is 26.8. The van der Waals surface area contributed by atoms with Gasteiger partial charge in [0.05, 0.1) is 0 Å². The van der Waals surface area contributed by atoms with Crippen molar-refractivity contribution in [3.63, 3.8) is 0 Å². The predicted octanol–water partition coefficient (Wildman–Crippen LogP) is 2.59. The van der Waals surface area contributed by atoms with E-state index in [1.807, 2.05) is 11.8 Å². The molecule has 0 spiro atoms. The summed E-state index contributed by atoms with van der Waals surface area (Å²) in [6.07, 6.45) is 0. The average molecular weight is 208 g/mol. The Morgan fingerprint density at radius 3 is 2.78 bits per heavy atom. The maximum absolute atomic E-state index is 3.54. The lowest BCUT2D eigenvalue weighted by Gasteiger charge is -2.20. The van der Waals surface area contributed by atoms with Crippen LogP contribution in [0.1, 0.15) is 13.8 Å². The molecule has 0 aliphatic carbocycles. The minimum absolute atomic E-state index is 0.475. The summed E-state index contributed by atoms with van der Waals surface area (Å²) in [6, 6.07) is 0. The SMILES string of the molecule is CCN1C(C)=CSC1Br. The predicted molar refractivity (Wildman–Crippen MR) is 46.4 cm³/mol. The van der Waals surface area contributed by atoms with Crippen molar-refractivity contribution in [1.82, 2.24) is 4.90 Å². The minimum atomic E-state index is 0.475. The molecule has 1 nitrogen and oxygen atoms in total. The standard InChI is InChI=1S/C6H10BrNS/c1-3-8-5(2)4-9-6(8)7/h4,6H,3H2,1-2H3. The summed E-state index contributed by atoms with van der Waals surface area (Å²) in [5, 5.41) is 2.18. The monoisotopic (exact) mass is 207 g/mol. The molecule has 0 N–H and O–H groups in total. The van der Waals surface area contributed by atoms with Crippen LogP contribution in [0.2, 0.25) is 0 Å². The van der Waals surface area contributed by atoms with Gasteiger partial charge in [-0.1, -0.05) is 27.7 Å². The van der Waals surface area contributed by atoms with Gasteiger partial charge in [-0.25, -0.2) is 0 Å². The van der Waals surface area contributed by atoms with Crippen molar-refractivity contribution in [1.29, 1.82) is 0 Å². The molecule has 0 aromatic carbocycles. The number of hydrogen-bond acceptors (Lipinski definition) is 2. The number of halogens is 1. The molecule has 1 rings (SSSR count). The van der Waals surface area contributed by atoms with E-state index < -0.39 is 0 Å². The van der Waals surface area contributed by atoms with Crippen LogP contribution in [0.3, 0.4) is 0 Å². The van der Waals surface area contributed by atoms with Crippen molar-refractivity contribution in [3.8, 4) is 0 Å². The van der Waals surface area contributed by atoms with Crippen LogP contribution in [0.15, 0.2) is 11.1 Å². The third kappa shape index (κ3) is 1.44. The Morgan fingerprint density at radius 1 is 1.89 bits per heavy atom. The number of allylic oxidation sites excluding steroid dienone is 1. The second kappa shape index (κ2) is 2.97. The molecule has 1 atom stereocenters. The third-order valence-corrected chi connectivity index (χ3v) is 3.49. The van der Waals surface area contributed by atoms with Crippen molar-refractivity contribution in [3.05, 3.63) is 11.1 Å².